The number of thioether (sulfide) groups is 1. The highest BCUT2D eigenvalue weighted by Crippen LogP contribution is 2.43. The van der Waals surface area contributed by atoms with Crippen LogP contribution < -0.4 is 5.32 Å². The van der Waals surface area contributed by atoms with Crippen LogP contribution >= 0.6 is 11.8 Å². The maximum atomic E-state index is 14.8. The third-order valence-corrected chi connectivity index (χ3v) is 9.30. The smallest absolute Gasteiger partial charge is 0.303 e. The lowest BCUT2D eigenvalue weighted by Gasteiger charge is -2.34. The highest BCUT2D eigenvalue weighted by atomic mass is 32.2. The molecule has 0 radical (unpaired) electrons. The molecule has 0 spiro atoms. The van der Waals surface area contributed by atoms with E-state index in [4.69, 9.17) is 4.74 Å². The van der Waals surface area contributed by atoms with Crippen molar-refractivity contribution >= 4 is 29.3 Å². The Balaban J connectivity index is 1.96. The first-order valence-electron chi connectivity index (χ1n) is 15.9. The molecule has 0 saturated carbocycles. The highest BCUT2D eigenvalue weighted by Gasteiger charge is 2.41. The van der Waals surface area contributed by atoms with Crippen LogP contribution in [0.5, 0.6) is 0 Å². The summed E-state index contributed by atoms with van der Waals surface area (Å²) in [5.74, 6) is -0.719. The molecule has 0 aliphatic carbocycles. The first-order valence-corrected chi connectivity index (χ1v) is 17.1. The van der Waals surface area contributed by atoms with Crippen LogP contribution in [0.25, 0.3) is 0 Å². The van der Waals surface area contributed by atoms with E-state index in [0.717, 1.165) is 27.3 Å². The van der Waals surface area contributed by atoms with Gasteiger partial charge in [-0.3, -0.25) is 9.59 Å². The SMILES string of the molecule is CSc1ccccc1NC(=O)C(C(OC(C)=O)c1ccc(C(C)C)cc1)C(c1ccc(C(C)C)cc1)c1ccc(C(C)C)cc1. The van der Waals surface area contributed by atoms with Crippen molar-refractivity contribution in [3.63, 3.8) is 0 Å². The molecule has 1 amide bonds. The maximum Gasteiger partial charge on any atom is 0.303 e. The summed E-state index contributed by atoms with van der Waals surface area (Å²) in [6, 6.07) is 33.0. The largest absolute Gasteiger partial charge is 0.457 e. The first kappa shape index (κ1) is 34.1. The van der Waals surface area contributed by atoms with Gasteiger partial charge in [0.2, 0.25) is 5.91 Å². The molecule has 0 saturated heterocycles. The quantitative estimate of drug-likeness (QED) is 0.126. The molecule has 4 nitrogen and oxygen atoms in total. The van der Waals surface area contributed by atoms with Crippen LogP contribution in [-0.2, 0) is 14.3 Å². The van der Waals surface area contributed by atoms with Gasteiger partial charge in [-0.05, 0) is 69.5 Å². The molecule has 0 fully saturated rings. The van der Waals surface area contributed by atoms with Gasteiger partial charge in [-0.2, -0.15) is 0 Å². The molecule has 4 aromatic carbocycles. The molecule has 1 N–H and O–H groups in total. The summed E-state index contributed by atoms with van der Waals surface area (Å²) in [5, 5.41) is 3.24. The summed E-state index contributed by atoms with van der Waals surface area (Å²) >= 11 is 1.58. The van der Waals surface area contributed by atoms with Crippen LogP contribution in [0.2, 0.25) is 0 Å². The van der Waals surface area contributed by atoms with Gasteiger partial charge >= 0.3 is 5.97 Å². The number of rotatable bonds is 12. The Labute approximate surface area is 274 Å². The zero-order chi connectivity index (χ0) is 32.7. The van der Waals surface area contributed by atoms with Gasteiger partial charge < -0.3 is 10.1 Å². The zero-order valence-corrected chi connectivity index (χ0v) is 28.7. The van der Waals surface area contributed by atoms with E-state index >= 15 is 0 Å². The molecule has 0 aromatic heterocycles. The number of anilines is 1. The fourth-order valence-corrected chi connectivity index (χ4v) is 6.36. The minimum atomic E-state index is -0.829. The van der Waals surface area contributed by atoms with Crippen LogP contribution in [0.1, 0.15) is 112 Å². The topological polar surface area (TPSA) is 55.4 Å². The van der Waals surface area contributed by atoms with Crippen LogP contribution in [0, 0.1) is 5.92 Å². The number of ether oxygens (including phenoxy) is 1. The number of esters is 1. The van der Waals surface area contributed by atoms with Gasteiger partial charge in [-0.25, -0.2) is 0 Å². The number of benzene rings is 4. The lowest BCUT2D eigenvalue weighted by molar-refractivity contribution is -0.151. The first-order chi connectivity index (χ1) is 21.5. The standard InChI is InChI=1S/C40H47NO3S/c1-25(2)29-13-19-32(20-14-29)37(33-21-15-30(16-22-33)26(3)4)38(40(43)41-35-11-9-10-12-36(35)45-8)39(44-28(7)42)34-23-17-31(18-24-34)27(5)6/h9-27,37-39H,1-8H3,(H,41,43). The van der Waals surface area contributed by atoms with Gasteiger partial charge in [-0.1, -0.05) is 126 Å². The Hall–Kier alpha value is -3.83. The highest BCUT2D eigenvalue weighted by molar-refractivity contribution is 7.98. The Morgan fingerprint density at radius 1 is 0.600 bits per heavy atom. The second-order valence-electron chi connectivity index (χ2n) is 12.7. The third-order valence-electron chi connectivity index (χ3n) is 8.50. The van der Waals surface area contributed by atoms with Gasteiger partial charge in [0.25, 0.3) is 0 Å². The number of para-hydroxylation sites is 1. The van der Waals surface area contributed by atoms with Crippen molar-refractivity contribution in [3.8, 4) is 0 Å². The molecule has 4 aromatic rings. The van der Waals surface area contributed by atoms with Gasteiger partial charge in [0.1, 0.15) is 6.10 Å². The molecule has 0 bridgehead atoms. The summed E-state index contributed by atoms with van der Waals surface area (Å²) < 4.78 is 6.16. The monoisotopic (exact) mass is 621 g/mol. The lowest BCUT2D eigenvalue weighted by atomic mass is 9.75. The average molecular weight is 622 g/mol. The third kappa shape index (κ3) is 8.46. The number of nitrogens with one attached hydrogen (secondary N) is 1. The minimum Gasteiger partial charge on any atom is -0.457 e. The van der Waals surface area contributed by atoms with E-state index in [2.05, 4.69) is 108 Å². The van der Waals surface area contributed by atoms with E-state index in [9.17, 15) is 9.59 Å². The molecule has 4 rings (SSSR count). The number of hydrogen-bond acceptors (Lipinski definition) is 4. The van der Waals surface area contributed by atoms with Crippen LogP contribution in [0.4, 0.5) is 5.69 Å². The maximum absolute atomic E-state index is 14.8. The van der Waals surface area contributed by atoms with Crippen LogP contribution in [-0.4, -0.2) is 18.1 Å². The number of hydrogen-bond donors (Lipinski definition) is 1. The zero-order valence-electron chi connectivity index (χ0n) is 27.8. The van der Waals surface area contributed by atoms with Crippen molar-refractivity contribution < 1.29 is 14.3 Å². The van der Waals surface area contributed by atoms with E-state index in [1.165, 1.54) is 23.6 Å². The van der Waals surface area contributed by atoms with Crippen molar-refractivity contribution in [2.24, 2.45) is 5.92 Å². The van der Waals surface area contributed by atoms with Crippen molar-refractivity contribution in [1.29, 1.82) is 0 Å². The second-order valence-corrected chi connectivity index (χ2v) is 13.5. The summed E-state index contributed by atoms with van der Waals surface area (Å²) in [7, 11) is 0. The summed E-state index contributed by atoms with van der Waals surface area (Å²) in [5.41, 5.74) is 7.14. The Morgan fingerprint density at radius 2 is 1.00 bits per heavy atom. The lowest BCUT2D eigenvalue weighted by Crippen LogP contribution is -2.36. The molecule has 0 heterocycles. The van der Waals surface area contributed by atoms with E-state index in [1.807, 2.05) is 42.7 Å². The van der Waals surface area contributed by atoms with Gasteiger partial charge in [0, 0.05) is 17.7 Å². The van der Waals surface area contributed by atoms with Gasteiger partial charge in [0.05, 0.1) is 11.6 Å². The van der Waals surface area contributed by atoms with Gasteiger partial charge in [-0.15, -0.1) is 11.8 Å². The Morgan fingerprint density at radius 3 is 1.40 bits per heavy atom. The average Bonchev–Trinajstić information content (AvgIpc) is 3.03. The fourth-order valence-electron chi connectivity index (χ4n) is 5.81. The van der Waals surface area contributed by atoms with E-state index in [0.29, 0.717) is 17.8 Å². The molecule has 45 heavy (non-hydrogen) atoms. The van der Waals surface area contributed by atoms with Crippen molar-refractivity contribution in [1.82, 2.24) is 0 Å². The molecule has 0 aliphatic rings. The molecule has 5 heteroatoms. The number of carbonyl (C=O) groups is 2. The van der Waals surface area contributed by atoms with Crippen molar-refractivity contribution in [3.05, 3.63) is 130 Å². The molecule has 2 atom stereocenters. The van der Waals surface area contributed by atoms with Crippen molar-refractivity contribution in [2.75, 3.05) is 11.6 Å². The van der Waals surface area contributed by atoms with E-state index in [-0.39, 0.29) is 5.91 Å². The predicted molar refractivity (Wildman–Crippen MR) is 188 cm³/mol. The molecule has 236 valence electrons. The number of carbonyl (C=O) groups excluding carboxylic acids is 2. The summed E-state index contributed by atoms with van der Waals surface area (Å²) in [4.78, 5) is 28.5. The summed E-state index contributed by atoms with van der Waals surface area (Å²) in [6.07, 6.45) is 1.17. The van der Waals surface area contributed by atoms with E-state index < -0.39 is 23.9 Å². The Bertz CT molecular complexity index is 1510. The molecular weight excluding hydrogens is 575 g/mol. The number of amides is 1. The second kappa shape index (κ2) is 15.4. The molecule has 0 aliphatic heterocycles. The van der Waals surface area contributed by atoms with E-state index in [1.54, 1.807) is 11.8 Å². The van der Waals surface area contributed by atoms with Crippen molar-refractivity contribution in [2.45, 2.75) is 83.1 Å². The fraction of sp³-hybridized carbons (Fsp3) is 0.350. The van der Waals surface area contributed by atoms with Crippen LogP contribution in [0.15, 0.2) is 102 Å². The molecular formula is C40H47NO3S. The van der Waals surface area contributed by atoms with Gasteiger partial charge in [0.15, 0.2) is 0 Å². The normalized spacial score (nSPS) is 12.9. The summed E-state index contributed by atoms with van der Waals surface area (Å²) in [6.45, 7) is 14.4. The van der Waals surface area contributed by atoms with Crippen LogP contribution in [0.3, 0.4) is 0 Å². The molecule has 2 unspecified atom stereocenters. The minimum absolute atomic E-state index is 0.207. The predicted octanol–water partition coefficient (Wildman–Crippen LogP) is 10.5. The Kier molecular flexibility index (Phi) is 11.7.